The summed E-state index contributed by atoms with van der Waals surface area (Å²) in [5.74, 6) is 0. The zero-order valence-corrected chi connectivity index (χ0v) is 18.1. The molecule has 2 nitrogen and oxygen atoms in total. The van der Waals surface area contributed by atoms with Gasteiger partial charge in [-0.2, -0.15) is 0 Å². The van der Waals surface area contributed by atoms with Crippen LogP contribution in [-0.4, -0.2) is 37.9 Å². The second-order valence-corrected chi connectivity index (χ2v) is 19.8. The summed E-state index contributed by atoms with van der Waals surface area (Å²) in [7, 11) is 0. The van der Waals surface area contributed by atoms with Crippen LogP contribution in [0.4, 0.5) is 0 Å². The van der Waals surface area contributed by atoms with Crippen LogP contribution in [0.5, 0.6) is 0 Å². The number of ether oxygens (including phenoxy) is 2. The summed E-state index contributed by atoms with van der Waals surface area (Å²) in [6.07, 6.45) is 12.8. The fourth-order valence-corrected chi connectivity index (χ4v) is 17.8. The zero-order chi connectivity index (χ0) is 16.1. The molecule has 3 heteroatoms. The normalized spacial score (nSPS) is 17.4. The number of hydrogen-bond donors (Lipinski definition) is 0. The Balaban J connectivity index is 2.61. The van der Waals surface area contributed by atoms with Crippen LogP contribution in [0.25, 0.3) is 0 Å². The molecule has 0 saturated carbocycles. The maximum atomic E-state index is 5.69. The molecule has 1 saturated heterocycles. The van der Waals surface area contributed by atoms with E-state index in [9.17, 15) is 0 Å². The van der Waals surface area contributed by atoms with Crippen molar-refractivity contribution in [3.05, 3.63) is 10.2 Å². The van der Waals surface area contributed by atoms with Gasteiger partial charge in [0.1, 0.15) is 0 Å². The standard InChI is InChI=1S/C7H11O2.3C4H9.Sn/c1-2-4-7-8-5-3-6-9-7;3*1-3-4-2;/h1-2,7H,3-6H2;3*1,3-4H2,2H3;. The van der Waals surface area contributed by atoms with Crippen molar-refractivity contribution in [2.45, 2.75) is 91.7 Å². The molecule has 1 aliphatic rings. The van der Waals surface area contributed by atoms with Crippen LogP contribution in [-0.2, 0) is 9.47 Å². The summed E-state index contributed by atoms with van der Waals surface area (Å²) in [6.45, 7) is 8.75. The molecule has 22 heavy (non-hydrogen) atoms. The second kappa shape index (κ2) is 12.8. The monoisotopic (exact) mass is 418 g/mol. The molecule has 0 N–H and O–H groups in total. The van der Waals surface area contributed by atoms with Crippen LogP contribution in [0.1, 0.15) is 72.1 Å². The van der Waals surface area contributed by atoms with E-state index in [0.29, 0.717) is 0 Å². The predicted molar refractivity (Wildman–Crippen MR) is 99.0 cm³/mol. The molecule has 1 aliphatic heterocycles. The van der Waals surface area contributed by atoms with E-state index in [2.05, 4.69) is 30.9 Å². The Labute approximate surface area is 142 Å². The minimum absolute atomic E-state index is 0.0255. The molecular weight excluding hydrogens is 379 g/mol. The van der Waals surface area contributed by atoms with E-state index in [-0.39, 0.29) is 6.29 Å². The quantitative estimate of drug-likeness (QED) is 0.358. The van der Waals surface area contributed by atoms with E-state index in [1.807, 2.05) is 0 Å². The van der Waals surface area contributed by atoms with Gasteiger partial charge in [-0.3, -0.25) is 0 Å². The van der Waals surface area contributed by atoms with Crippen molar-refractivity contribution in [3.63, 3.8) is 0 Å². The molecule has 1 heterocycles. The molecule has 0 atom stereocenters. The van der Waals surface area contributed by atoms with Gasteiger partial charge in [-0.1, -0.05) is 0 Å². The van der Waals surface area contributed by atoms with E-state index >= 15 is 0 Å². The molecular formula is C19H38O2Sn. The molecule has 1 rings (SSSR count). The van der Waals surface area contributed by atoms with Crippen molar-refractivity contribution in [3.8, 4) is 0 Å². The van der Waals surface area contributed by atoms with Gasteiger partial charge in [0.2, 0.25) is 0 Å². The third-order valence-electron chi connectivity index (χ3n) is 4.78. The SMILES string of the molecule is CCC[CH2][Sn](/[CH]=C\CC1OCCCO1)([CH2]CCC)[CH2]CCC. The van der Waals surface area contributed by atoms with Crippen LogP contribution in [0.15, 0.2) is 10.2 Å². The summed E-state index contributed by atoms with van der Waals surface area (Å²) < 4.78 is 18.8. The van der Waals surface area contributed by atoms with E-state index in [0.717, 1.165) is 26.1 Å². The van der Waals surface area contributed by atoms with Gasteiger partial charge in [-0.05, 0) is 0 Å². The van der Waals surface area contributed by atoms with Gasteiger partial charge in [0.05, 0.1) is 0 Å². The van der Waals surface area contributed by atoms with Gasteiger partial charge < -0.3 is 0 Å². The van der Waals surface area contributed by atoms with Gasteiger partial charge in [0.15, 0.2) is 0 Å². The minimum atomic E-state index is -2.08. The molecule has 0 bridgehead atoms. The summed E-state index contributed by atoms with van der Waals surface area (Å²) in [6, 6.07) is 0. The van der Waals surface area contributed by atoms with E-state index in [1.165, 1.54) is 38.5 Å². The molecule has 0 aromatic carbocycles. The Bertz CT molecular complexity index is 263. The van der Waals surface area contributed by atoms with Gasteiger partial charge in [0, 0.05) is 0 Å². The fourth-order valence-electron chi connectivity index (χ4n) is 3.31. The Kier molecular flexibility index (Phi) is 12.0. The Morgan fingerprint density at radius 2 is 1.36 bits per heavy atom. The summed E-state index contributed by atoms with van der Waals surface area (Å²) in [4.78, 5) is 0. The van der Waals surface area contributed by atoms with E-state index in [1.54, 1.807) is 13.3 Å². The first kappa shape index (κ1) is 20.5. The van der Waals surface area contributed by atoms with Crippen molar-refractivity contribution in [1.82, 2.24) is 0 Å². The number of rotatable bonds is 12. The van der Waals surface area contributed by atoms with Crippen molar-refractivity contribution in [1.29, 1.82) is 0 Å². The first-order valence-electron chi connectivity index (χ1n) is 9.67. The summed E-state index contributed by atoms with van der Waals surface area (Å²) in [5, 5.41) is 0. The van der Waals surface area contributed by atoms with Crippen molar-refractivity contribution < 1.29 is 9.47 Å². The van der Waals surface area contributed by atoms with Crippen LogP contribution < -0.4 is 0 Å². The molecule has 1 fully saturated rings. The van der Waals surface area contributed by atoms with Crippen LogP contribution in [0.2, 0.25) is 13.3 Å². The summed E-state index contributed by atoms with van der Waals surface area (Å²) >= 11 is -2.08. The van der Waals surface area contributed by atoms with Crippen LogP contribution in [0, 0.1) is 0 Å². The molecule has 130 valence electrons. The van der Waals surface area contributed by atoms with Gasteiger partial charge in [0.25, 0.3) is 0 Å². The molecule has 0 spiro atoms. The van der Waals surface area contributed by atoms with Gasteiger partial charge >= 0.3 is 143 Å². The number of hydrogen-bond acceptors (Lipinski definition) is 2. The summed E-state index contributed by atoms with van der Waals surface area (Å²) in [5.41, 5.74) is 0. The van der Waals surface area contributed by atoms with Crippen LogP contribution >= 0.6 is 0 Å². The molecule has 0 amide bonds. The topological polar surface area (TPSA) is 18.5 Å². The maximum absolute atomic E-state index is 5.69. The first-order chi connectivity index (χ1) is 10.8. The Morgan fingerprint density at radius 1 is 0.864 bits per heavy atom. The second-order valence-electron chi connectivity index (χ2n) is 6.84. The number of unbranched alkanes of at least 4 members (excludes halogenated alkanes) is 3. The third-order valence-corrected chi connectivity index (χ3v) is 19.0. The van der Waals surface area contributed by atoms with Gasteiger partial charge in [-0.25, -0.2) is 0 Å². The van der Waals surface area contributed by atoms with Crippen molar-refractivity contribution in [2.24, 2.45) is 0 Å². The predicted octanol–water partition coefficient (Wildman–Crippen LogP) is 6.08. The van der Waals surface area contributed by atoms with Crippen molar-refractivity contribution in [2.75, 3.05) is 13.2 Å². The molecule has 0 unspecified atom stereocenters. The third kappa shape index (κ3) is 8.35. The van der Waals surface area contributed by atoms with E-state index < -0.39 is 18.4 Å². The van der Waals surface area contributed by atoms with E-state index in [4.69, 9.17) is 9.47 Å². The average molecular weight is 417 g/mol. The van der Waals surface area contributed by atoms with Gasteiger partial charge in [-0.15, -0.1) is 0 Å². The molecule has 0 aliphatic carbocycles. The first-order valence-corrected chi connectivity index (χ1v) is 17.4. The average Bonchev–Trinajstić information content (AvgIpc) is 2.57. The fraction of sp³-hybridized carbons (Fsp3) is 0.895. The Hall–Kier alpha value is 0.459. The van der Waals surface area contributed by atoms with Crippen LogP contribution in [0.3, 0.4) is 0 Å². The van der Waals surface area contributed by atoms with Crippen molar-refractivity contribution >= 4 is 18.4 Å². The Morgan fingerprint density at radius 3 is 1.82 bits per heavy atom. The zero-order valence-electron chi connectivity index (χ0n) is 15.2. The molecule has 0 radical (unpaired) electrons. The molecule has 0 aromatic heterocycles. The molecule has 0 aromatic rings.